The van der Waals surface area contributed by atoms with E-state index < -0.39 is 0 Å². The number of likely N-dealkylation sites (tertiary alicyclic amines) is 1. The highest BCUT2D eigenvalue weighted by molar-refractivity contribution is 6.10. The molecule has 3 aliphatic rings. The van der Waals surface area contributed by atoms with Crippen molar-refractivity contribution < 1.29 is 9.53 Å². The third-order valence-electron chi connectivity index (χ3n) is 7.59. The van der Waals surface area contributed by atoms with Crippen LogP contribution in [0, 0.1) is 5.92 Å². The zero-order valence-electron chi connectivity index (χ0n) is 20.2. The molecule has 35 heavy (non-hydrogen) atoms. The van der Waals surface area contributed by atoms with Gasteiger partial charge in [-0.25, -0.2) is 0 Å². The molecule has 0 unspecified atom stereocenters. The molecule has 0 amide bonds. The molecule has 0 atom stereocenters. The Hall–Kier alpha value is -3.37. The highest BCUT2D eigenvalue weighted by Crippen LogP contribution is 2.34. The van der Waals surface area contributed by atoms with E-state index in [1.54, 1.807) is 0 Å². The summed E-state index contributed by atoms with van der Waals surface area (Å²) in [5, 5.41) is 1.09. The van der Waals surface area contributed by atoms with Crippen molar-refractivity contribution in [2.45, 2.75) is 38.6 Å². The molecule has 1 saturated heterocycles. The fourth-order valence-corrected chi connectivity index (χ4v) is 5.60. The van der Waals surface area contributed by atoms with Crippen LogP contribution in [0.2, 0.25) is 0 Å². The van der Waals surface area contributed by atoms with Gasteiger partial charge in [0.25, 0.3) is 5.91 Å². The van der Waals surface area contributed by atoms with Crippen LogP contribution in [0.5, 0.6) is 5.75 Å². The van der Waals surface area contributed by atoms with Crippen LogP contribution in [-0.4, -0.2) is 35.1 Å². The molecule has 6 rings (SSSR count). The molecule has 178 valence electrons. The molecule has 0 radical (unpaired) electrons. The van der Waals surface area contributed by atoms with E-state index in [0.29, 0.717) is 12.5 Å². The Morgan fingerprint density at radius 3 is 2.66 bits per heavy atom. The highest BCUT2D eigenvalue weighted by Gasteiger charge is 2.28. The van der Waals surface area contributed by atoms with E-state index in [2.05, 4.69) is 71.7 Å². The molecule has 3 aromatic rings. The lowest BCUT2D eigenvalue weighted by atomic mass is 9.89. The summed E-state index contributed by atoms with van der Waals surface area (Å²) in [6.07, 6.45) is 13.8. The summed E-state index contributed by atoms with van der Waals surface area (Å²) in [6.45, 7) is 3.82. The molecular weight excluding hydrogens is 432 g/mol. The number of nitrogens with zero attached hydrogens (tertiary/aromatic N) is 2. The average Bonchev–Trinajstić information content (AvgIpc) is 3.40. The Kier molecular flexibility index (Phi) is 6.13. The molecule has 1 aliphatic carbocycles. The minimum absolute atomic E-state index is 0.138. The molecule has 2 aromatic carbocycles. The van der Waals surface area contributed by atoms with E-state index in [1.807, 2.05) is 16.7 Å². The second-order valence-electron chi connectivity index (χ2n) is 10.1. The number of ether oxygens (including phenoxy) is 1. The lowest BCUT2D eigenvalue weighted by Gasteiger charge is -2.32. The van der Waals surface area contributed by atoms with Gasteiger partial charge in [-0.2, -0.15) is 0 Å². The molecule has 3 heterocycles. The Labute approximate surface area is 207 Å². The summed E-state index contributed by atoms with van der Waals surface area (Å²) < 4.78 is 7.95. The maximum Gasteiger partial charge on any atom is 0.258 e. The third kappa shape index (κ3) is 4.76. The van der Waals surface area contributed by atoms with E-state index in [0.717, 1.165) is 79.7 Å². The van der Waals surface area contributed by atoms with Crippen molar-refractivity contribution in [3.8, 4) is 5.75 Å². The Bertz CT molecular complexity index is 1320. The van der Waals surface area contributed by atoms with Crippen molar-refractivity contribution in [2.75, 3.05) is 19.7 Å². The summed E-state index contributed by atoms with van der Waals surface area (Å²) in [7, 11) is 0. The van der Waals surface area contributed by atoms with E-state index in [1.165, 1.54) is 11.1 Å². The first kappa shape index (κ1) is 22.1. The van der Waals surface area contributed by atoms with Crippen LogP contribution in [0.3, 0.4) is 0 Å². The van der Waals surface area contributed by atoms with Crippen molar-refractivity contribution in [2.24, 2.45) is 5.92 Å². The third-order valence-corrected chi connectivity index (χ3v) is 7.59. The predicted octanol–water partition coefficient (Wildman–Crippen LogP) is 6.64. The van der Waals surface area contributed by atoms with Crippen LogP contribution >= 0.6 is 0 Å². The minimum Gasteiger partial charge on any atom is -0.489 e. The monoisotopic (exact) mass is 464 g/mol. The first-order valence-corrected chi connectivity index (χ1v) is 12.9. The fourth-order valence-electron chi connectivity index (χ4n) is 5.60. The zero-order chi connectivity index (χ0) is 23.6. The van der Waals surface area contributed by atoms with Gasteiger partial charge in [-0.3, -0.25) is 14.3 Å². The standard InChI is InChI=1S/C31H32N2O2/c34-31-27(17-23-13-15-32(16-14-23)21-24-7-3-1-4-8-24)19-28-18-26-11-12-29(20-30(26)33(28)31)35-22-25-9-5-2-6-10-25/h1-5,7-9,11-12,18-20,23H,6,10,13-17,21-22H2. The molecule has 4 nitrogen and oxygen atoms in total. The van der Waals surface area contributed by atoms with Crippen LogP contribution in [0.4, 0.5) is 0 Å². The summed E-state index contributed by atoms with van der Waals surface area (Å²) in [5.41, 5.74) is 5.58. The van der Waals surface area contributed by atoms with E-state index in [-0.39, 0.29) is 5.91 Å². The van der Waals surface area contributed by atoms with Gasteiger partial charge < -0.3 is 4.74 Å². The number of benzene rings is 2. The zero-order valence-corrected chi connectivity index (χ0v) is 20.2. The van der Waals surface area contributed by atoms with Gasteiger partial charge in [0, 0.05) is 23.6 Å². The number of fused-ring (bicyclic) bond motifs is 3. The van der Waals surface area contributed by atoms with Gasteiger partial charge in [0.05, 0.1) is 11.2 Å². The lowest BCUT2D eigenvalue weighted by Crippen LogP contribution is -2.33. The number of hydrogen-bond acceptors (Lipinski definition) is 3. The maximum atomic E-state index is 13.4. The van der Waals surface area contributed by atoms with Crippen LogP contribution in [0.1, 0.15) is 48.2 Å². The molecule has 4 heteroatoms. The van der Waals surface area contributed by atoms with Crippen LogP contribution in [0.15, 0.2) is 84.0 Å². The highest BCUT2D eigenvalue weighted by atomic mass is 16.5. The second-order valence-corrected chi connectivity index (χ2v) is 10.1. The molecule has 1 aromatic heterocycles. The Morgan fingerprint density at radius 1 is 1.00 bits per heavy atom. The van der Waals surface area contributed by atoms with Crippen molar-refractivity contribution in [1.29, 1.82) is 0 Å². The van der Waals surface area contributed by atoms with Crippen LogP contribution in [0.25, 0.3) is 17.0 Å². The number of carbonyl (C=O) groups is 1. The average molecular weight is 465 g/mol. The van der Waals surface area contributed by atoms with Gasteiger partial charge in [-0.15, -0.1) is 0 Å². The van der Waals surface area contributed by atoms with Gasteiger partial charge in [0.2, 0.25) is 0 Å². The quantitative estimate of drug-likeness (QED) is 0.393. The van der Waals surface area contributed by atoms with Crippen molar-refractivity contribution in [1.82, 2.24) is 9.47 Å². The normalized spacial score (nSPS) is 18.6. The van der Waals surface area contributed by atoms with Gasteiger partial charge in [0.15, 0.2) is 0 Å². The number of hydrogen-bond donors (Lipinski definition) is 0. The molecule has 0 N–H and O–H groups in total. The number of rotatable bonds is 7. The first-order chi connectivity index (χ1) is 17.2. The topological polar surface area (TPSA) is 34.5 Å². The van der Waals surface area contributed by atoms with E-state index in [9.17, 15) is 4.79 Å². The molecule has 0 bridgehead atoms. The SMILES string of the molecule is O=C1C(CC2CCN(Cc3ccccc3)CC2)=Cc2cc3ccc(OCC4=CC=CCC4)cc3n21. The summed E-state index contributed by atoms with van der Waals surface area (Å²) in [5.74, 6) is 1.53. The fraction of sp³-hybridized carbons (Fsp3) is 0.323. The van der Waals surface area contributed by atoms with Crippen molar-refractivity contribution in [3.05, 3.63) is 95.2 Å². The van der Waals surface area contributed by atoms with Gasteiger partial charge in [-0.1, -0.05) is 48.6 Å². The predicted molar refractivity (Wildman–Crippen MR) is 142 cm³/mol. The first-order valence-electron chi connectivity index (χ1n) is 12.9. The van der Waals surface area contributed by atoms with Crippen molar-refractivity contribution in [3.63, 3.8) is 0 Å². The summed E-state index contributed by atoms with van der Waals surface area (Å²) in [6, 6.07) is 18.9. The molecule has 1 fully saturated rings. The Morgan fingerprint density at radius 2 is 1.86 bits per heavy atom. The number of allylic oxidation sites excluding steroid dienone is 4. The van der Waals surface area contributed by atoms with Gasteiger partial charge in [-0.05, 0) is 86.5 Å². The molecule has 0 spiro atoms. The number of carbonyl (C=O) groups excluding carboxylic acids is 1. The summed E-state index contributed by atoms with van der Waals surface area (Å²) >= 11 is 0. The molecular formula is C31H32N2O2. The smallest absolute Gasteiger partial charge is 0.258 e. The number of aromatic nitrogens is 1. The van der Waals surface area contributed by atoms with Gasteiger partial charge >= 0.3 is 0 Å². The minimum atomic E-state index is 0.138. The maximum absolute atomic E-state index is 13.4. The lowest BCUT2D eigenvalue weighted by molar-refractivity contribution is 0.0954. The second kappa shape index (κ2) is 9.71. The van der Waals surface area contributed by atoms with E-state index >= 15 is 0 Å². The number of piperidine rings is 1. The van der Waals surface area contributed by atoms with Gasteiger partial charge in [0.1, 0.15) is 12.4 Å². The van der Waals surface area contributed by atoms with Crippen LogP contribution < -0.4 is 4.74 Å². The molecule has 2 aliphatic heterocycles. The largest absolute Gasteiger partial charge is 0.489 e. The molecule has 0 saturated carbocycles. The Balaban J connectivity index is 1.09. The van der Waals surface area contributed by atoms with E-state index in [4.69, 9.17) is 4.74 Å². The van der Waals surface area contributed by atoms with Crippen molar-refractivity contribution >= 4 is 22.9 Å². The van der Waals surface area contributed by atoms with Crippen LogP contribution in [-0.2, 0) is 6.54 Å². The summed E-state index contributed by atoms with van der Waals surface area (Å²) in [4.78, 5) is 15.9.